The number of carbonyl (C=O) groups excluding carboxylic acids is 2. The molecule has 4 nitrogen and oxygen atoms in total. The van der Waals surface area contributed by atoms with Gasteiger partial charge in [-0.2, -0.15) is 0 Å². The Morgan fingerprint density at radius 1 is 1.00 bits per heavy atom. The predicted octanol–water partition coefficient (Wildman–Crippen LogP) is 3.54. The van der Waals surface area contributed by atoms with Gasteiger partial charge in [-0.1, -0.05) is 45.4 Å². The highest BCUT2D eigenvalue weighted by Crippen LogP contribution is 2.10. The number of methoxy groups -OCH3 is 1. The van der Waals surface area contributed by atoms with Crippen LogP contribution in [0.2, 0.25) is 0 Å². The molecule has 0 radical (unpaired) electrons. The van der Waals surface area contributed by atoms with Crippen LogP contribution in [0, 0.1) is 0 Å². The Kier molecular flexibility index (Phi) is 11.1. The molecule has 0 aromatic carbocycles. The number of nitrogens with zero attached hydrogens (tertiary/aromatic N) is 1. The summed E-state index contributed by atoms with van der Waals surface area (Å²) in [5, 5.41) is 0. The van der Waals surface area contributed by atoms with E-state index in [0.717, 1.165) is 12.8 Å². The van der Waals surface area contributed by atoms with Gasteiger partial charge in [0.05, 0.1) is 7.11 Å². The van der Waals surface area contributed by atoms with Crippen LogP contribution < -0.4 is 0 Å². The van der Waals surface area contributed by atoms with E-state index in [2.05, 4.69) is 11.7 Å². The van der Waals surface area contributed by atoms with E-state index in [1.54, 1.807) is 4.90 Å². The van der Waals surface area contributed by atoms with Crippen LogP contribution in [0.25, 0.3) is 0 Å². The van der Waals surface area contributed by atoms with Crippen molar-refractivity contribution in [3.63, 3.8) is 0 Å². The summed E-state index contributed by atoms with van der Waals surface area (Å²) in [7, 11) is 1.35. The molecular formula is C16H31NO3. The smallest absolute Gasteiger partial charge is 0.325 e. The van der Waals surface area contributed by atoms with Gasteiger partial charge in [-0.3, -0.25) is 9.59 Å². The van der Waals surface area contributed by atoms with Gasteiger partial charge in [0.15, 0.2) is 0 Å². The molecule has 0 heterocycles. The molecule has 0 saturated carbocycles. The van der Waals surface area contributed by atoms with Crippen molar-refractivity contribution in [2.24, 2.45) is 0 Å². The summed E-state index contributed by atoms with van der Waals surface area (Å²) in [6.07, 6.45) is 8.86. The molecule has 0 spiro atoms. The number of carbonyl (C=O) groups is 2. The van der Waals surface area contributed by atoms with Gasteiger partial charge in [0.1, 0.15) is 6.54 Å². The van der Waals surface area contributed by atoms with Gasteiger partial charge in [-0.05, 0) is 20.3 Å². The maximum Gasteiger partial charge on any atom is 0.325 e. The second kappa shape index (κ2) is 11.7. The number of unbranched alkanes of at least 4 members (excludes halogenated alkanes) is 6. The van der Waals surface area contributed by atoms with Crippen molar-refractivity contribution in [3.8, 4) is 0 Å². The van der Waals surface area contributed by atoms with Crippen LogP contribution in [0.1, 0.15) is 72.1 Å². The third kappa shape index (κ3) is 8.94. The molecule has 0 aliphatic carbocycles. The SMILES string of the molecule is CCCCCCCCCC(=O)N(CC(=O)OC)C(C)C. The molecule has 0 N–H and O–H groups in total. The normalized spacial score (nSPS) is 10.7. The summed E-state index contributed by atoms with van der Waals surface area (Å²) in [5.41, 5.74) is 0. The summed E-state index contributed by atoms with van der Waals surface area (Å²) in [6, 6.07) is 0.0335. The average Bonchev–Trinajstić information content (AvgIpc) is 2.42. The van der Waals surface area contributed by atoms with Crippen LogP contribution in [0.15, 0.2) is 0 Å². The molecule has 0 unspecified atom stereocenters. The van der Waals surface area contributed by atoms with Crippen molar-refractivity contribution in [3.05, 3.63) is 0 Å². The van der Waals surface area contributed by atoms with Gasteiger partial charge in [-0.25, -0.2) is 0 Å². The van der Waals surface area contributed by atoms with Gasteiger partial charge in [0.25, 0.3) is 0 Å². The molecule has 0 rings (SSSR count). The quantitative estimate of drug-likeness (QED) is 0.431. The van der Waals surface area contributed by atoms with Crippen molar-refractivity contribution in [1.82, 2.24) is 4.90 Å². The van der Waals surface area contributed by atoms with Crippen LogP contribution in [0.4, 0.5) is 0 Å². The van der Waals surface area contributed by atoms with E-state index >= 15 is 0 Å². The Morgan fingerprint density at radius 2 is 1.55 bits per heavy atom. The number of rotatable bonds is 11. The fraction of sp³-hybridized carbons (Fsp3) is 0.875. The highest BCUT2D eigenvalue weighted by Gasteiger charge is 2.19. The lowest BCUT2D eigenvalue weighted by Gasteiger charge is -2.25. The topological polar surface area (TPSA) is 46.6 Å². The Balaban J connectivity index is 3.88. The molecule has 1 amide bonds. The second-order valence-corrected chi connectivity index (χ2v) is 5.56. The van der Waals surface area contributed by atoms with Crippen molar-refractivity contribution in [1.29, 1.82) is 0 Å². The first-order chi connectivity index (χ1) is 9.52. The van der Waals surface area contributed by atoms with Crippen molar-refractivity contribution < 1.29 is 14.3 Å². The van der Waals surface area contributed by atoms with E-state index in [4.69, 9.17) is 0 Å². The van der Waals surface area contributed by atoms with Crippen LogP contribution in [-0.4, -0.2) is 36.5 Å². The molecule has 4 heteroatoms. The van der Waals surface area contributed by atoms with Gasteiger partial charge < -0.3 is 9.64 Å². The fourth-order valence-corrected chi connectivity index (χ4v) is 2.14. The fourth-order valence-electron chi connectivity index (χ4n) is 2.14. The standard InChI is InChI=1S/C16H31NO3/c1-5-6-7-8-9-10-11-12-15(18)17(14(2)3)13-16(19)20-4/h14H,5-13H2,1-4H3. The monoisotopic (exact) mass is 285 g/mol. The maximum atomic E-state index is 12.1. The van der Waals surface area contributed by atoms with Crippen LogP contribution in [0.5, 0.6) is 0 Å². The van der Waals surface area contributed by atoms with Gasteiger partial charge >= 0.3 is 5.97 Å². The average molecular weight is 285 g/mol. The zero-order valence-corrected chi connectivity index (χ0v) is 13.6. The number of hydrogen-bond donors (Lipinski definition) is 0. The van der Waals surface area contributed by atoms with Crippen molar-refractivity contribution in [2.45, 2.75) is 78.2 Å². The largest absolute Gasteiger partial charge is 0.468 e. The summed E-state index contributed by atoms with van der Waals surface area (Å²) in [6.45, 7) is 6.11. The summed E-state index contributed by atoms with van der Waals surface area (Å²) in [5.74, 6) is -0.300. The van der Waals surface area contributed by atoms with E-state index in [-0.39, 0.29) is 24.5 Å². The lowest BCUT2D eigenvalue weighted by molar-refractivity contribution is -0.148. The van der Waals surface area contributed by atoms with E-state index in [1.165, 1.54) is 39.2 Å². The molecule has 0 atom stereocenters. The molecule has 0 aliphatic rings. The number of ether oxygens (including phenoxy) is 1. The third-order valence-corrected chi connectivity index (χ3v) is 3.47. The molecule has 0 bridgehead atoms. The molecular weight excluding hydrogens is 254 g/mol. The van der Waals surface area contributed by atoms with Crippen LogP contribution in [0.3, 0.4) is 0 Å². The molecule has 20 heavy (non-hydrogen) atoms. The summed E-state index contributed by atoms with van der Waals surface area (Å²) in [4.78, 5) is 25.0. The van der Waals surface area contributed by atoms with Crippen LogP contribution >= 0.6 is 0 Å². The highest BCUT2D eigenvalue weighted by atomic mass is 16.5. The molecule has 0 aromatic heterocycles. The predicted molar refractivity (Wildman–Crippen MR) is 81.5 cm³/mol. The van der Waals surface area contributed by atoms with E-state index in [9.17, 15) is 9.59 Å². The van der Waals surface area contributed by atoms with E-state index in [1.807, 2.05) is 13.8 Å². The van der Waals surface area contributed by atoms with Crippen molar-refractivity contribution in [2.75, 3.05) is 13.7 Å². The van der Waals surface area contributed by atoms with Crippen molar-refractivity contribution >= 4 is 11.9 Å². The van der Waals surface area contributed by atoms with Gasteiger partial charge in [-0.15, -0.1) is 0 Å². The van der Waals surface area contributed by atoms with E-state index in [0.29, 0.717) is 6.42 Å². The zero-order valence-electron chi connectivity index (χ0n) is 13.6. The first-order valence-corrected chi connectivity index (χ1v) is 7.89. The first kappa shape index (κ1) is 18.9. The lowest BCUT2D eigenvalue weighted by atomic mass is 10.1. The Labute approximate surface area is 123 Å². The minimum Gasteiger partial charge on any atom is -0.468 e. The molecule has 0 fully saturated rings. The summed E-state index contributed by atoms with van der Waals surface area (Å²) < 4.78 is 4.63. The lowest BCUT2D eigenvalue weighted by Crippen LogP contribution is -2.40. The van der Waals surface area contributed by atoms with Gasteiger partial charge in [0.2, 0.25) is 5.91 Å². The zero-order chi connectivity index (χ0) is 15.4. The van der Waals surface area contributed by atoms with Crippen LogP contribution in [-0.2, 0) is 14.3 Å². The Hall–Kier alpha value is -1.06. The molecule has 0 saturated heterocycles. The number of amides is 1. The second-order valence-electron chi connectivity index (χ2n) is 5.56. The minimum atomic E-state index is -0.355. The van der Waals surface area contributed by atoms with E-state index < -0.39 is 0 Å². The highest BCUT2D eigenvalue weighted by molar-refractivity contribution is 5.82. The first-order valence-electron chi connectivity index (χ1n) is 7.89. The molecule has 0 aromatic rings. The molecule has 0 aliphatic heterocycles. The molecule has 118 valence electrons. The minimum absolute atomic E-state index is 0.0335. The van der Waals surface area contributed by atoms with Gasteiger partial charge in [0, 0.05) is 12.5 Å². The number of esters is 1. The third-order valence-electron chi connectivity index (χ3n) is 3.47. The number of hydrogen-bond acceptors (Lipinski definition) is 3. The maximum absolute atomic E-state index is 12.1. The summed E-state index contributed by atoms with van der Waals surface area (Å²) >= 11 is 0. The Bertz CT molecular complexity index is 277. The Morgan fingerprint density at radius 3 is 2.05 bits per heavy atom.